The Bertz CT molecular complexity index is 379. The molecule has 29 heavy (non-hydrogen) atoms. The van der Waals surface area contributed by atoms with Gasteiger partial charge in [0.15, 0.2) is 0 Å². The second-order valence-corrected chi connectivity index (χ2v) is 10.9. The van der Waals surface area contributed by atoms with E-state index in [1.807, 2.05) is 0 Å². The minimum Gasteiger partial charge on any atom is -0.378 e. The summed E-state index contributed by atoms with van der Waals surface area (Å²) in [7, 11) is 0. The van der Waals surface area contributed by atoms with Gasteiger partial charge in [0.25, 0.3) is 0 Å². The van der Waals surface area contributed by atoms with Gasteiger partial charge in [0, 0.05) is 13.2 Å². The maximum absolute atomic E-state index is 6.12. The number of nitrogens with zero attached hydrogens (tertiary/aromatic N) is 1. The molecule has 0 unspecified atom stereocenters. The minimum absolute atomic E-state index is 0.574. The molecule has 0 atom stereocenters. The number of ether oxygens (including phenoxy) is 1. The van der Waals surface area contributed by atoms with Crippen LogP contribution < -0.4 is 0 Å². The highest BCUT2D eigenvalue weighted by molar-refractivity contribution is 4.98. The van der Waals surface area contributed by atoms with E-state index in [9.17, 15) is 0 Å². The van der Waals surface area contributed by atoms with Crippen molar-refractivity contribution >= 4 is 0 Å². The molecule has 172 valence electrons. The molecule has 0 aromatic rings. The first kappa shape index (κ1) is 25.2. The van der Waals surface area contributed by atoms with Crippen molar-refractivity contribution in [2.75, 3.05) is 26.2 Å². The van der Waals surface area contributed by atoms with Gasteiger partial charge in [-0.1, -0.05) is 79.1 Å². The zero-order chi connectivity index (χ0) is 21.0. The molecule has 1 spiro atoms. The van der Waals surface area contributed by atoms with Crippen LogP contribution in [-0.2, 0) is 4.74 Å². The molecular formula is C27H53NO. The average molecular weight is 408 g/mol. The molecule has 0 aromatic carbocycles. The second kappa shape index (κ2) is 14.1. The predicted molar refractivity (Wildman–Crippen MR) is 128 cm³/mol. The molecule has 2 rings (SSSR count). The van der Waals surface area contributed by atoms with E-state index in [1.54, 1.807) is 0 Å². The fourth-order valence-electron chi connectivity index (χ4n) is 5.52. The van der Waals surface area contributed by atoms with Crippen LogP contribution in [-0.4, -0.2) is 37.2 Å². The van der Waals surface area contributed by atoms with Gasteiger partial charge in [-0.25, -0.2) is 0 Å². The van der Waals surface area contributed by atoms with E-state index < -0.39 is 0 Å². The van der Waals surface area contributed by atoms with Gasteiger partial charge in [0.1, 0.15) is 0 Å². The second-order valence-electron chi connectivity index (χ2n) is 10.9. The van der Waals surface area contributed by atoms with E-state index in [2.05, 4.69) is 32.6 Å². The standard InChI is InChI=1S/C27H53NO/c1-5-7-9-11-13-25(14-12-10-8-6-2)23-28-18-16-27(17-19-28)21-26(22-27)29-20-15-24(3)4/h24-26H,5-23H2,1-4H3. The molecule has 0 radical (unpaired) electrons. The first-order valence-corrected chi connectivity index (χ1v) is 13.4. The van der Waals surface area contributed by atoms with Crippen LogP contribution in [0, 0.1) is 17.3 Å². The third-order valence-electron chi connectivity index (χ3n) is 7.74. The van der Waals surface area contributed by atoms with Gasteiger partial charge in [-0.15, -0.1) is 0 Å². The maximum Gasteiger partial charge on any atom is 0.0585 e. The van der Waals surface area contributed by atoms with Crippen LogP contribution in [0.5, 0.6) is 0 Å². The van der Waals surface area contributed by atoms with E-state index in [4.69, 9.17) is 4.74 Å². The van der Waals surface area contributed by atoms with Gasteiger partial charge in [-0.2, -0.15) is 0 Å². The van der Waals surface area contributed by atoms with Gasteiger partial charge in [0.05, 0.1) is 6.10 Å². The van der Waals surface area contributed by atoms with E-state index in [0.717, 1.165) is 18.4 Å². The number of hydrogen-bond acceptors (Lipinski definition) is 2. The summed E-state index contributed by atoms with van der Waals surface area (Å²) in [4.78, 5) is 2.82. The van der Waals surface area contributed by atoms with Crippen molar-refractivity contribution in [3.05, 3.63) is 0 Å². The van der Waals surface area contributed by atoms with Gasteiger partial charge in [-0.3, -0.25) is 0 Å². The van der Waals surface area contributed by atoms with Crippen molar-refractivity contribution in [1.82, 2.24) is 4.90 Å². The zero-order valence-corrected chi connectivity index (χ0v) is 20.5. The third kappa shape index (κ3) is 9.72. The minimum atomic E-state index is 0.574. The zero-order valence-electron chi connectivity index (χ0n) is 20.5. The van der Waals surface area contributed by atoms with Crippen LogP contribution in [0.4, 0.5) is 0 Å². The Morgan fingerprint density at radius 2 is 1.41 bits per heavy atom. The monoisotopic (exact) mass is 407 g/mol. The number of rotatable bonds is 16. The van der Waals surface area contributed by atoms with Crippen molar-refractivity contribution in [3.63, 3.8) is 0 Å². The fraction of sp³-hybridized carbons (Fsp3) is 1.00. The number of hydrogen-bond donors (Lipinski definition) is 0. The van der Waals surface area contributed by atoms with Crippen LogP contribution in [0.25, 0.3) is 0 Å². The molecule has 1 saturated heterocycles. The summed E-state index contributed by atoms with van der Waals surface area (Å²) in [5, 5.41) is 0. The van der Waals surface area contributed by atoms with Gasteiger partial charge in [0.2, 0.25) is 0 Å². The molecule has 2 aliphatic rings. The normalized spacial score (nSPS) is 20.1. The lowest BCUT2D eigenvalue weighted by Crippen LogP contribution is -2.50. The fourth-order valence-corrected chi connectivity index (χ4v) is 5.52. The number of likely N-dealkylation sites (tertiary alicyclic amines) is 1. The summed E-state index contributed by atoms with van der Waals surface area (Å²) >= 11 is 0. The molecular weight excluding hydrogens is 354 g/mol. The topological polar surface area (TPSA) is 12.5 Å². The molecule has 1 aliphatic heterocycles. The Morgan fingerprint density at radius 1 is 0.828 bits per heavy atom. The van der Waals surface area contributed by atoms with Crippen molar-refractivity contribution in [2.24, 2.45) is 17.3 Å². The molecule has 1 aliphatic carbocycles. The van der Waals surface area contributed by atoms with Gasteiger partial charge < -0.3 is 9.64 Å². The molecule has 0 bridgehead atoms. The quantitative estimate of drug-likeness (QED) is 0.241. The molecule has 0 aromatic heterocycles. The Balaban J connectivity index is 1.65. The first-order chi connectivity index (χ1) is 14.1. The largest absolute Gasteiger partial charge is 0.378 e. The van der Waals surface area contributed by atoms with Gasteiger partial charge in [-0.05, 0) is 75.3 Å². The van der Waals surface area contributed by atoms with Crippen molar-refractivity contribution < 1.29 is 4.74 Å². The van der Waals surface area contributed by atoms with Crippen molar-refractivity contribution in [2.45, 2.75) is 130 Å². The Hall–Kier alpha value is -0.0800. The molecule has 2 fully saturated rings. The third-order valence-corrected chi connectivity index (χ3v) is 7.74. The van der Waals surface area contributed by atoms with Gasteiger partial charge >= 0.3 is 0 Å². The van der Waals surface area contributed by atoms with Crippen LogP contribution in [0.2, 0.25) is 0 Å². The number of piperidine rings is 1. The first-order valence-electron chi connectivity index (χ1n) is 13.4. The van der Waals surface area contributed by atoms with Crippen LogP contribution >= 0.6 is 0 Å². The molecule has 1 heterocycles. The van der Waals surface area contributed by atoms with E-state index in [1.165, 1.54) is 116 Å². The average Bonchev–Trinajstić information content (AvgIpc) is 2.68. The highest BCUT2D eigenvalue weighted by Gasteiger charge is 2.46. The maximum atomic E-state index is 6.12. The van der Waals surface area contributed by atoms with Crippen LogP contribution in [0.15, 0.2) is 0 Å². The summed E-state index contributed by atoms with van der Waals surface area (Å²) in [5.74, 6) is 1.72. The molecule has 2 heteroatoms. The van der Waals surface area contributed by atoms with E-state index >= 15 is 0 Å². The summed E-state index contributed by atoms with van der Waals surface area (Å²) in [6.45, 7) is 14.3. The summed E-state index contributed by atoms with van der Waals surface area (Å²) in [6.07, 6.45) is 21.7. The number of unbranched alkanes of at least 4 members (excludes halogenated alkanes) is 6. The van der Waals surface area contributed by atoms with E-state index in [0.29, 0.717) is 11.5 Å². The summed E-state index contributed by atoms with van der Waals surface area (Å²) in [5.41, 5.74) is 0.650. The lowest BCUT2D eigenvalue weighted by Gasteiger charge is -2.52. The summed E-state index contributed by atoms with van der Waals surface area (Å²) < 4.78 is 6.12. The van der Waals surface area contributed by atoms with Crippen molar-refractivity contribution in [1.29, 1.82) is 0 Å². The molecule has 0 amide bonds. The Morgan fingerprint density at radius 3 is 1.93 bits per heavy atom. The smallest absolute Gasteiger partial charge is 0.0585 e. The Labute approximate surface area is 183 Å². The summed E-state index contributed by atoms with van der Waals surface area (Å²) in [6, 6.07) is 0. The molecule has 2 nitrogen and oxygen atoms in total. The highest BCUT2D eigenvalue weighted by atomic mass is 16.5. The van der Waals surface area contributed by atoms with Crippen LogP contribution in [0.1, 0.15) is 124 Å². The SMILES string of the molecule is CCCCCCC(CCCCCC)CN1CCC2(CC1)CC(OCCC(C)C)C2. The lowest BCUT2D eigenvalue weighted by atomic mass is 9.61. The molecule has 1 saturated carbocycles. The van der Waals surface area contributed by atoms with E-state index in [-0.39, 0.29) is 0 Å². The predicted octanol–water partition coefficient (Wildman–Crippen LogP) is 7.85. The van der Waals surface area contributed by atoms with Crippen LogP contribution in [0.3, 0.4) is 0 Å². The lowest BCUT2D eigenvalue weighted by molar-refractivity contribution is -0.107. The molecule has 0 N–H and O–H groups in total. The highest BCUT2D eigenvalue weighted by Crippen LogP contribution is 2.50. The Kier molecular flexibility index (Phi) is 12.2. The van der Waals surface area contributed by atoms with Crippen molar-refractivity contribution in [3.8, 4) is 0 Å².